The lowest BCUT2D eigenvalue weighted by Crippen LogP contribution is -2.68. The normalized spacial score (nSPS) is 28.3. The molecule has 3 aliphatic heterocycles. The molecule has 4 aliphatic rings. The van der Waals surface area contributed by atoms with Crippen LogP contribution in [0.1, 0.15) is 98.3 Å². The van der Waals surface area contributed by atoms with Gasteiger partial charge in [-0.3, -0.25) is 38.4 Å². The number of benzene rings is 3. The number of ether oxygens (including phenoxy) is 16. The molecule has 0 spiro atoms. The second kappa shape index (κ2) is 37.1. The molecule has 4 fully saturated rings. The van der Waals surface area contributed by atoms with Crippen molar-refractivity contribution in [3.05, 3.63) is 108 Å². The molecule has 5 N–H and O–H groups in total. The molecule has 98 heavy (non-hydrogen) atoms. The predicted octanol–water partition coefficient (Wildman–Crippen LogP) is 3.30. The van der Waals surface area contributed by atoms with Crippen LogP contribution in [-0.4, -0.2) is 201 Å². The van der Waals surface area contributed by atoms with E-state index in [1.54, 1.807) is 105 Å². The lowest BCUT2D eigenvalue weighted by atomic mass is 9.79. The van der Waals surface area contributed by atoms with Gasteiger partial charge >= 0.3 is 60.1 Å². The molecule has 3 saturated heterocycles. The molecule has 19 unspecified atom stereocenters. The van der Waals surface area contributed by atoms with Gasteiger partial charge in [-0.2, -0.15) is 0 Å². The summed E-state index contributed by atoms with van der Waals surface area (Å²) in [6.45, 7) is 8.53. The molecular weight excluding hydrogens is 1300 g/mol. The first-order valence-electron chi connectivity index (χ1n) is 31.7. The zero-order valence-corrected chi connectivity index (χ0v) is 55.5. The van der Waals surface area contributed by atoms with Crippen LogP contribution >= 0.6 is 0 Å². The van der Waals surface area contributed by atoms with Crippen LogP contribution in [-0.2, 0) is 134 Å². The number of esters is 7. The number of aliphatic hydroxyl groups excluding tert-OH is 1. The fourth-order valence-corrected chi connectivity index (χ4v) is 11.5. The van der Waals surface area contributed by atoms with Gasteiger partial charge in [0.25, 0.3) is 5.91 Å². The minimum Gasteiger partial charge on any atom is -0.463 e. The summed E-state index contributed by atoms with van der Waals surface area (Å²) in [7, 11) is 0. The number of rotatable bonds is 28. The summed E-state index contributed by atoms with van der Waals surface area (Å²) < 4.78 is 95.8. The summed E-state index contributed by atoms with van der Waals surface area (Å²) in [6.07, 6.45) is -28.1. The highest BCUT2D eigenvalue weighted by Crippen LogP contribution is 2.40. The molecule has 3 aromatic carbocycles. The largest absolute Gasteiger partial charge is 0.463 e. The van der Waals surface area contributed by atoms with Crippen molar-refractivity contribution in [3.8, 4) is 0 Å². The Kier molecular flexibility index (Phi) is 28.9. The number of nitrogens with one attached hydrogen (secondary N) is 4. The fraction of sp³-hybridized carbons (Fsp3) is 0.561. The van der Waals surface area contributed by atoms with Gasteiger partial charge in [0.15, 0.2) is 55.5 Å². The van der Waals surface area contributed by atoms with Gasteiger partial charge in [-0.15, -0.1) is 0 Å². The minimum absolute atomic E-state index is 0.0647. The molecule has 4 amide bonds. The molecule has 32 nitrogen and oxygen atoms in total. The first-order valence-corrected chi connectivity index (χ1v) is 31.7. The number of carbonyl (C=O) groups is 11. The van der Waals surface area contributed by atoms with Crippen LogP contribution in [0.25, 0.3) is 0 Å². The molecule has 536 valence electrons. The van der Waals surface area contributed by atoms with Crippen molar-refractivity contribution < 1.29 is 134 Å². The van der Waals surface area contributed by atoms with E-state index in [9.17, 15) is 57.8 Å². The van der Waals surface area contributed by atoms with Crippen LogP contribution in [0.4, 0.5) is 14.4 Å². The second-order valence-electron chi connectivity index (χ2n) is 23.4. The maximum atomic E-state index is 14.6. The zero-order valence-electron chi connectivity index (χ0n) is 55.5. The third kappa shape index (κ3) is 22.8. The number of hydrogen-bond acceptors (Lipinski definition) is 28. The number of alkyl carbamates (subject to hydrolysis) is 3. The number of carbonyl (C=O) groups excluding carboxylic acids is 11. The molecule has 32 heteroatoms. The van der Waals surface area contributed by atoms with Crippen LogP contribution in [0.2, 0.25) is 0 Å². The Hall–Kier alpha value is -9.05. The summed E-state index contributed by atoms with van der Waals surface area (Å²) in [5, 5.41) is 22.3. The van der Waals surface area contributed by atoms with Crippen molar-refractivity contribution in [2.75, 3.05) is 19.8 Å². The van der Waals surface area contributed by atoms with Gasteiger partial charge in [0.1, 0.15) is 62.9 Å². The summed E-state index contributed by atoms with van der Waals surface area (Å²) in [6, 6.07) is 21.3. The van der Waals surface area contributed by atoms with E-state index in [-0.39, 0.29) is 45.6 Å². The van der Waals surface area contributed by atoms with Crippen LogP contribution in [0.3, 0.4) is 0 Å². The van der Waals surface area contributed by atoms with Crippen molar-refractivity contribution in [3.63, 3.8) is 0 Å². The SMILES string of the molecule is CCC1OC(OC2C(C)CC(NC(=O)C(CCNC(=O)OCc3ccccc3)OC(C)=O)C(OC(C)=O)C2OC2OC(COC(C)=O)C(OC3OCC(OC(C)=O)C(OC(C)=O)C3NC(=O)OCc3ccccc3)C2OC(C)=O)C(NC(=O)OCc2ccccc2)C(OC(C)=O)C1O. The topological polar surface area (TPSA) is 404 Å². The Labute approximate surface area is 564 Å². The van der Waals surface area contributed by atoms with Crippen LogP contribution in [0, 0.1) is 5.92 Å². The van der Waals surface area contributed by atoms with E-state index in [2.05, 4.69) is 21.3 Å². The standard InChI is InChI=1S/C66H84N4O28/c1-10-46-52(78)57(92-40(8)76)51(70-66(82)87-31-44-24-18-13-19-25-44)62(94-46)96-53-34(2)28-45(68-60(79)47(88-36(4)72)26-27-67-64(80)85-29-42-20-14-11-15-21-42)54(90-38(6)74)58(53)98-63-59(93-41(9)77)56(49(95-63)32-83-35(3)71)97-61-50(69-65(81)86-30-43-22-16-12-17-23-43)55(91-39(7)75)48(33-84-61)89-37(5)73/h11-25,34,45-59,61-63,78H,10,26-33H2,1-9H3,(H,67,80)(H,68,79)(H,69,81)(H,70,82). The molecule has 0 aromatic heterocycles. The van der Waals surface area contributed by atoms with Crippen molar-refractivity contribution in [1.29, 1.82) is 0 Å². The maximum Gasteiger partial charge on any atom is 0.407 e. The highest BCUT2D eigenvalue weighted by Gasteiger charge is 2.59. The molecule has 3 heterocycles. The maximum absolute atomic E-state index is 14.6. The van der Waals surface area contributed by atoms with E-state index < -0.39 is 195 Å². The van der Waals surface area contributed by atoms with Gasteiger partial charge in [0.2, 0.25) is 0 Å². The van der Waals surface area contributed by atoms with Crippen LogP contribution in [0.5, 0.6) is 0 Å². The van der Waals surface area contributed by atoms with Crippen molar-refractivity contribution in [2.24, 2.45) is 5.92 Å². The molecule has 7 rings (SSSR count). The number of amides is 4. The molecular formula is C66H84N4O28. The van der Waals surface area contributed by atoms with E-state index in [1.807, 2.05) is 0 Å². The lowest BCUT2D eigenvalue weighted by Gasteiger charge is -2.49. The highest BCUT2D eigenvalue weighted by atomic mass is 16.8. The monoisotopic (exact) mass is 1380 g/mol. The summed E-state index contributed by atoms with van der Waals surface area (Å²) >= 11 is 0. The Bertz CT molecular complexity index is 3180. The average Bonchev–Trinajstić information content (AvgIpc) is 1.36. The Balaban J connectivity index is 1.29. The Morgan fingerprint density at radius 1 is 0.490 bits per heavy atom. The van der Waals surface area contributed by atoms with Gasteiger partial charge in [0.05, 0.1) is 24.9 Å². The molecule has 0 radical (unpaired) electrons. The van der Waals surface area contributed by atoms with Crippen molar-refractivity contribution in [2.45, 2.75) is 212 Å². The number of hydrogen-bond donors (Lipinski definition) is 5. The predicted molar refractivity (Wildman–Crippen MR) is 330 cm³/mol. The average molecular weight is 1380 g/mol. The van der Waals surface area contributed by atoms with Gasteiger partial charge in [0, 0.05) is 61.4 Å². The van der Waals surface area contributed by atoms with Crippen molar-refractivity contribution in [1.82, 2.24) is 21.3 Å². The second-order valence-corrected chi connectivity index (χ2v) is 23.4. The summed E-state index contributed by atoms with van der Waals surface area (Å²) in [5.74, 6) is -8.24. The van der Waals surface area contributed by atoms with E-state index in [4.69, 9.17) is 75.8 Å². The lowest BCUT2D eigenvalue weighted by molar-refractivity contribution is -0.317. The first-order chi connectivity index (χ1) is 46.8. The van der Waals surface area contributed by atoms with Gasteiger partial charge in [-0.1, -0.05) is 105 Å². The van der Waals surface area contributed by atoms with Crippen molar-refractivity contribution >= 4 is 66.0 Å². The third-order valence-electron chi connectivity index (χ3n) is 15.7. The van der Waals surface area contributed by atoms with E-state index in [1.165, 1.54) is 0 Å². The summed E-state index contributed by atoms with van der Waals surface area (Å²) in [5.41, 5.74) is 1.86. The van der Waals surface area contributed by atoms with Gasteiger partial charge in [-0.05, 0) is 35.4 Å². The fourth-order valence-electron chi connectivity index (χ4n) is 11.5. The van der Waals surface area contributed by atoms with E-state index in [0.717, 1.165) is 48.5 Å². The molecule has 19 atom stereocenters. The van der Waals surface area contributed by atoms with Gasteiger partial charge < -0.3 is 102 Å². The van der Waals surface area contributed by atoms with Crippen LogP contribution < -0.4 is 21.3 Å². The van der Waals surface area contributed by atoms with Crippen LogP contribution in [0.15, 0.2) is 91.0 Å². The first kappa shape index (κ1) is 76.3. The Morgan fingerprint density at radius 3 is 1.47 bits per heavy atom. The molecule has 1 saturated carbocycles. The van der Waals surface area contributed by atoms with E-state index >= 15 is 0 Å². The third-order valence-corrected chi connectivity index (χ3v) is 15.7. The molecule has 0 bridgehead atoms. The van der Waals surface area contributed by atoms with E-state index in [0.29, 0.717) is 16.7 Å². The molecule has 1 aliphatic carbocycles. The quantitative estimate of drug-likeness (QED) is 0.0514. The zero-order chi connectivity index (χ0) is 71.2. The molecule has 3 aromatic rings. The van der Waals surface area contributed by atoms with Gasteiger partial charge in [-0.25, -0.2) is 14.4 Å². The minimum atomic E-state index is -1.96. The smallest absolute Gasteiger partial charge is 0.407 e. The number of aliphatic hydroxyl groups is 1. The highest BCUT2D eigenvalue weighted by molar-refractivity contribution is 5.84. The summed E-state index contributed by atoms with van der Waals surface area (Å²) in [4.78, 5) is 146. The Morgan fingerprint density at radius 2 is 0.959 bits per heavy atom.